The Labute approximate surface area is 168 Å². The number of hydrogen-bond donors (Lipinski definition) is 1. The van der Waals surface area contributed by atoms with Gasteiger partial charge in [-0.3, -0.25) is 0 Å². The standard InChI is InChI=1S/C21H24INO3/c1-4-12-5-6-17-15(9-12)20-14(7-8-26-20)19(23-17)13-10-16(22)21(25-3)18(11-13)24-2/h5-6,9-11,14,19-20,23H,4,7-8H2,1-3H3. The molecule has 1 saturated heterocycles. The molecule has 0 aliphatic carbocycles. The minimum atomic E-state index is 0.161. The van der Waals surface area contributed by atoms with Crippen LogP contribution in [0.5, 0.6) is 11.5 Å². The lowest BCUT2D eigenvalue weighted by atomic mass is 9.80. The highest BCUT2D eigenvalue weighted by Gasteiger charge is 2.41. The van der Waals surface area contributed by atoms with Gasteiger partial charge in [0, 0.05) is 23.8 Å². The third-order valence-corrected chi connectivity index (χ3v) is 6.32. The van der Waals surface area contributed by atoms with E-state index in [1.54, 1.807) is 14.2 Å². The summed E-state index contributed by atoms with van der Waals surface area (Å²) in [5, 5.41) is 3.77. The highest BCUT2D eigenvalue weighted by atomic mass is 127. The molecular formula is C21H24INO3. The van der Waals surface area contributed by atoms with Gasteiger partial charge < -0.3 is 19.5 Å². The monoisotopic (exact) mass is 465 g/mol. The van der Waals surface area contributed by atoms with Crippen LogP contribution in [-0.4, -0.2) is 20.8 Å². The van der Waals surface area contributed by atoms with Gasteiger partial charge in [0.2, 0.25) is 0 Å². The fourth-order valence-electron chi connectivity index (χ4n) is 4.19. The SMILES string of the molecule is CCc1ccc2c(c1)C1OCCC1C(c1cc(I)c(OC)c(OC)c1)N2. The predicted octanol–water partition coefficient (Wildman–Crippen LogP) is 5.12. The molecule has 2 heterocycles. The van der Waals surface area contributed by atoms with E-state index in [1.807, 2.05) is 0 Å². The molecule has 4 nitrogen and oxygen atoms in total. The second-order valence-corrected chi connectivity index (χ2v) is 8.04. The first kappa shape index (κ1) is 17.9. The van der Waals surface area contributed by atoms with Crippen molar-refractivity contribution in [2.75, 3.05) is 26.1 Å². The zero-order valence-electron chi connectivity index (χ0n) is 15.3. The molecular weight excluding hydrogens is 441 g/mol. The molecule has 2 aliphatic heterocycles. The number of ether oxygens (including phenoxy) is 3. The first-order valence-corrected chi connectivity index (χ1v) is 10.2. The molecule has 2 aromatic rings. The van der Waals surface area contributed by atoms with E-state index in [0.29, 0.717) is 5.92 Å². The number of rotatable bonds is 4. The summed E-state index contributed by atoms with van der Waals surface area (Å²) in [6, 6.07) is 11.2. The van der Waals surface area contributed by atoms with Crippen LogP contribution in [0.25, 0.3) is 0 Å². The van der Waals surface area contributed by atoms with E-state index in [-0.39, 0.29) is 12.1 Å². The molecule has 3 unspecified atom stereocenters. The highest BCUT2D eigenvalue weighted by Crippen LogP contribution is 2.51. The maximum absolute atomic E-state index is 6.17. The van der Waals surface area contributed by atoms with Gasteiger partial charge in [0.05, 0.1) is 29.9 Å². The lowest BCUT2D eigenvalue weighted by molar-refractivity contribution is 0.0828. The second kappa shape index (κ2) is 7.27. The number of anilines is 1. The maximum Gasteiger partial charge on any atom is 0.174 e. The van der Waals surface area contributed by atoms with Gasteiger partial charge in [-0.25, -0.2) is 0 Å². The van der Waals surface area contributed by atoms with Crippen molar-refractivity contribution in [2.24, 2.45) is 5.92 Å². The Morgan fingerprint density at radius 1 is 1.19 bits per heavy atom. The number of halogens is 1. The van der Waals surface area contributed by atoms with E-state index in [1.165, 1.54) is 22.4 Å². The van der Waals surface area contributed by atoms with Gasteiger partial charge >= 0.3 is 0 Å². The third-order valence-electron chi connectivity index (χ3n) is 5.52. The van der Waals surface area contributed by atoms with Crippen molar-refractivity contribution < 1.29 is 14.2 Å². The van der Waals surface area contributed by atoms with Crippen molar-refractivity contribution in [3.05, 3.63) is 50.6 Å². The molecule has 0 spiro atoms. The Kier molecular flexibility index (Phi) is 5.01. The van der Waals surface area contributed by atoms with E-state index in [4.69, 9.17) is 14.2 Å². The zero-order valence-corrected chi connectivity index (χ0v) is 17.5. The summed E-state index contributed by atoms with van der Waals surface area (Å²) in [7, 11) is 3.37. The van der Waals surface area contributed by atoms with Crippen LogP contribution < -0.4 is 14.8 Å². The third kappa shape index (κ3) is 2.95. The topological polar surface area (TPSA) is 39.7 Å². The minimum Gasteiger partial charge on any atom is -0.493 e. The van der Waals surface area contributed by atoms with Crippen molar-refractivity contribution in [3.63, 3.8) is 0 Å². The van der Waals surface area contributed by atoms with Gasteiger partial charge in [-0.1, -0.05) is 19.1 Å². The highest BCUT2D eigenvalue weighted by molar-refractivity contribution is 14.1. The molecule has 3 atom stereocenters. The normalized spacial score (nSPS) is 23.8. The summed E-state index contributed by atoms with van der Waals surface area (Å²) in [5.41, 5.74) is 5.06. The Morgan fingerprint density at radius 2 is 2.04 bits per heavy atom. The smallest absolute Gasteiger partial charge is 0.174 e. The molecule has 0 radical (unpaired) electrons. The lowest BCUT2D eigenvalue weighted by Crippen LogP contribution is -2.29. The van der Waals surface area contributed by atoms with Gasteiger partial charge in [0.1, 0.15) is 0 Å². The number of nitrogens with one attached hydrogen (secondary N) is 1. The second-order valence-electron chi connectivity index (χ2n) is 6.88. The van der Waals surface area contributed by atoms with Crippen LogP contribution in [0.2, 0.25) is 0 Å². The quantitative estimate of drug-likeness (QED) is 0.637. The number of methoxy groups -OCH3 is 2. The van der Waals surface area contributed by atoms with Crippen molar-refractivity contribution in [1.29, 1.82) is 0 Å². The van der Waals surface area contributed by atoms with Gasteiger partial charge in [-0.05, 0) is 64.8 Å². The summed E-state index contributed by atoms with van der Waals surface area (Å²) in [6.45, 7) is 3.01. The Hall–Kier alpha value is -1.47. The van der Waals surface area contributed by atoms with Crippen molar-refractivity contribution in [2.45, 2.75) is 31.9 Å². The number of fused-ring (bicyclic) bond motifs is 3. The molecule has 0 saturated carbocycles. The van der Waals surface area contributed by atoms with Crippen LogP contribution in [0.4, 0.5) is 5.69 Å². The van der Waals surface area contributed by atoms with Crippen LogP contribution in [0.1, 0.15) is 42.2 Å². The van der Waals surface area contributed by atoms with Crippen molar-refractivity contribution in [1.82, 2.24) is 0 Å². The largest absolute Gasteiger partial charge is 0.493 e. The summed E-state index contributed by atoms with van der Waals surface area (Å²) in [5.74, 6) is 1.99. The van der Waals surface area contributed by atoms with Gasteiger partial charge in [0.25, 0.3) is 0 Å². The van der Waals surface area contributed by atoms with E-state index in [9.17, 15) is 0 Å². The fraction of sp³-hybridized carbons (Fsp3) is 0.429. The summed E-state index contributed by atoms with van der Waals surface area (Å²) < 4.78 is 18.3. The van der Waals surface area contributed by atoms with Crippen LogP contribution in [-0.2, 0) is 11.2 Å². The zero-order chi connectivity index (χ0) is 18.3. The number of aryl methyl sites for hydroxylation is 1. The molecule has 0 aromatic heterocycles. The lowest BCUT2D eigenvalue weighted by Gasteiger charge is -2.37. The molecule has 138 valence electrons. The first-order chi connectivity index (χ1) is 12.7. The average Bonchev–Trinajstić information content (AvgIpc) is 3.16. The molecule has 5 heteroatoms. The summed E-state index contributed by atoms with van der Waals surface area (Å²) >= 11 is 2.32. The van der Waals surface area contributed by atoms with E-state index in [0.717, 1.165) is 34.5 Å². The summed E-state index contributed by atoms with van der Waals surface area (Å²) in [4.78, 5) is 0. The molecule has 1 fully saturated rings. The van der Waals surface area contributed by atoms with Crippen molar-refractivity contribution in [3.8, 4) is 11.5 Å². The predicted molar refractivity (Wildman–Crippen MR) is 111 cm³/mol. The molecule has 2 aliphatic rings. The maximum atomic E-state index is 6.17. The molecule has 4 rings (SSSR count). The van der Waals surface area contributed by atoms with Gasteiger partial charge in [0.15, 0.2) is 11.5 Å². The first-order valence-electron chi connectivity index (χ1n) is 9.08. The van der Waals surface area contributed by atoms with Crippen LogP contribution in [0.3, 0.4) is 0 Å². The van der Waals surface area contributed by atoms with E-state index >= 15 is 0 Å². The van der Waals surface area contributed by atoms with Crippen molar-refractivity contribution >= 4 is 28.3 Å². The van der Waals surface area contributed by atoms with Gasteiger partial charge in [-0.15, -0.1) is 0 Å². The Morgan fingerprint density at radius 3 is 2.77 bits per heavy atom. The number of benzene rings is 2. The molecule has 26 heavy (non-hydrogen) atoms. The Balaban J connectivity index is 1.77. The summed E-state index contributed by atoms with van der Waals surface area (Å²) in [6.07, 6.45) is 2.26. The van der Waals surface area contributed by atoms with Crippen LogP contribution in [0, 0.1) is 9.49 Å². The number of hydrogen-bond acceptors (Lipinski definition) is 4. The molecule has 0 bridgehead atoms. The molecule has 2 aromatic carbocycles. The fourth-order valence-corrected chi connectivity index (χ4v) is 5.04. The minimum absolute atomic E-state index is 0.161. The van der Waals surface area contributed by atoms with Gasteiger partial charge in [-0.2, -0.15) is 0 Å². The van der Waals surface area contributed by atoms with E-state index < -0.39 is 0 Å². The Bertz CT molecular complexity index is 823. The van der Waals surface area contributed by atoms with Crippen LogP contribution >= 0.6 is 22.6 Å². The van der Waals surface area contributed by atoms with Crippen LogP contribution in [0.15, 0.2) is 30.3 Å². The average molecular weight is 465 g/mol. The molecule has 1 N–H and O–H groups in total. The van der Waals surface area contributed by atoms with E-state index in [2.05, 4.69) is 65.2 Å². The molecule has 0 amide bonds.